The highest BCUT2D eigenvalue weighted by atomic mass is 32.1. The van der Waals surface area contributed by atoms with Gasteiger partial charge in [-0.3, -0.25) is 9.59 Å². The first-order valence-electron chi connectivity index (χ1n) is 12.3. The Labute approximate surface area is 214 Å². The molecule has 0 bridgehead atoms. The number of hydrogen-bond acceptors (Lipinski definition) is 6. The lowest BCUT2D eigenvalue weighted by atomic mass is 9.73. The number of rotatable bonds is 2. The zero-order valence-corrected chi connectivity index (χ0v) is 23.2. The van der Waals surface area contributed by atoms with Crippen LogP contribution >= 0.6 is 11.3 Å². The maximum absolute atomic E-state index is 13.2. The highest BCUT2D eigenvalue weighted by molar-refractivity contribution is 7.09. The zero-order valence-electron chi connectivity index (χ0n) is 22.4. The number of aliphatic hydroxyl groups excluding tert-OH is 2. The van der Waals surface area contributed by atoms with Crippen LogP contribution < -0.4 is 0 Å². The Kier molecular flexibility index (Phi) is 10.2. The second-order valence-corrected chi connectivity index (χ2v) is 11.7. The monoisotopic (exact) mass is 502 g/mol. The molecule has 1 aromatic heterocycles. The van der Waals surface area contributed by atoms with Gasteiger partial charge in [-0.1, -0.05) is 57.1 Å². The van der Waals surface area contributed by atoms with E-state index in [0.717, 1.165) is 21.8 Å². The molecule has 0 unspecified atom stereocenters. The van der Waals surface area contributed by atoms with Crippen molar-refractivity contribution >= 4 is 29.1 Å². The molecular formula is C28H42N2O4S. The van der Waals surface area contributed by atoms with Crippen LogP contribution in [0.3, 0.4) is 0 Å². The average Bonchev–Trinajstić information content (AvgIpc) is 3.20. The van der Waals surface area contributed by atoms with Crippen LogP contribution in [0.5, 0.6) is 0 Å². The Morgan fingerprint density at radius 2 is 1.89 bits per heavy atom. The smallest absolute Gasteiger partial charge is 0.224 e. The van der Waals surface area contributed by atoms with Crippen LogP contribution in [0, 0.1) is 30.1 Å². The number of carbonyl (C=O) groups excluding carboxylic acids is 2. The van der Waals surface area contributed by atoms with E-state index in [9.17, 15) is 19.8 Å². The molecule has 1 amide bonds. The Balaban J connectivity index is 2.44. The van der Waals surface area contributed by atoms with Gasteiger partial charge in [0.05, 0.1) is 34.7 Å². The third-order valence-corrected chi connectivity index (χ3v) is 7.98. The molecule has 0 spiro atoms. The van der Waals surface area contributed by atoms with Gasteiger partial charge in [0.2, 0.25) is 5.91 Å². The van der Waals surface area contributed by atoms with Crippen LogP contribution in [0.15, 0.2) is 34.8 Å². The molecule has 1 aliphatic rings. The Bertz CT molecular complexity index is 991. The maximum atomic E-state index is 13.2. The van der Waals surface area contributed by atoms with Gasteiger partial charge in [-0.2, -0.15) is 0 Å². The Hall–Kier alpha value is -2.09. The van der Waals surface area contributed by atoms with Crippen molar-refractivity contribution in [1.29, 1.82) is 0 Å². The predicted molar refractivity (Wildman–Crippen MR) is 143 cm³/mol. The minimum absolute atomic E-state index is 0.0432. The summed E-state index contributed by atoms with van der Waals surface area (Å²) in [6.45, 7) is 13.4. The van der Waals surface area contributed by atoms with E-state index >= 15 is 0 Å². The third-order valence-electron chi connectivity index (χ3n) is 7.19. The van der Waals surface area contributed by atoms with Crippen molar-refractivity contribution in [1.82, 2.24) is 9.88 Å². The number of amides is 1. The van der Waals surface area contributed by atoms with Crippen molar-refractivity contribution in [2.45, 2.75) is 73.5 Å². The topological polar surface area (TPSA) is 90.7 Å². The fraction of sp³-hybridized carbons (Fsp3) is 0.607. The number of carbonyl (C=O) groups is 2. The number of ketones is 1. The molecule has 1 aromatic rings. The minimum Gasteiger partial charge on any atom is -0.392 e. The van der Waals surface area contributed by atoms with E-state index in [1.807, 2.05) is 45.2 Å². The zero-order chi connectivity index (χ0) is 26.5. The first-order chi connectivity index (χ1) is 16.2. The van der Waals surface area contributed by atoms with Gasteiger partial charge in [-0.05, 0) is 39.2 Å². The summed E-state index contributed by atoms with van der Waals surface area (Å²) in [7, 11) is 1.73. The Morgan fingerprint density at radius 1 is 1.23 bits per heavy atom. The van der Waals surface area contributed by atoms with Crippen molar-refractivity contribution in [2.75, 3.05) is 13.6 Å². The summed E-state index contributed by atoms with van der Waals surface area (Å²) in [5.74, 6) is -1.28. The van der Waals surface area contributed by atoms with Crippen LogP contribution in [0.1, 0.15) is 65.1 Å². The molecule has 0 saturated heterocycles. The van der Waals surface area contributed by atoms with Crippen molar-refractivity contribution in [2.24, 2.45) is 23.2 Å². The van der Waals surface area contributed by atoms with E-state index in [2.05, 4.69) is 17.1 Å². The molecule has 0 fully saturated rings. The lowest BCUT2D eigenvalue weighted by Gasteiger charge is -2.35. The van der Waals surface area contributed by atoms with Gasteiger partial charge in [-0.15, -0.1) is 11.3 Å². The molecule has 0 aliphatic carbocycles. The summed E-state index contributed by atoms with van der Waals surface area (Å²) in [5, 5.41) is 24.7. The van der Waals surface area contributed by atoms with E-state index in [-0.39, 0.29) is 29.9 Å². The molecule has 0 saturated carbocycles. The SMILES string of the molecule is CC1=C[C@@H](C(C)=Cc2csc(C)n2)CN(C)C(=O)C[C@H](O)C(C)(C)C(=O)[C@H](C)[C@@H](O)[C@@H](C)CC=C1. The number of Topliss-reactive ketones (excluding diaryl/α,β-unsaturated/α-hetero) is 1. The summed E-state index contributed by atoms with van der Waals surface area (Å²) in [6, 6.07) is 0. The molecule has 2 N–H and O–H groups in total. The highest BCUT2D eigenvalue weighted by Gasteiger charge is 2.42. The van der Waals surface area contributed by atoms with Crippen molar-refractivity contribution in [3.8, 4) is 0 Å². The molecule has 5 atom stereocenters. The number of allylic oxidation sites excluding steroid dienone is 3. The second kappa shape index (κ2) is 12.2. The molecule has 2 heterocycles. The van der Waals surface area contributed by atoms with Crippen LogP contribution in [0.4, 0.5) is 0 Å². The molecule has 35 heavy (non-hydrogen) atoms. The second-order valence-electron chi connectivity index (χ2n) is 10.7. The molecular weight excluding hydrogens is 460 g/mol. The summed E-state index contributed by atoms with van der Waals surface area (Å²) in [4.78, 5) is 32.4. The summed E-state index contributed by atoms with van der Waals surface area (Å²) in [6.07, 6.45) is 6.74. The Morgan fingerprint density at radius 3 is 2.49 bits per heavy atom. The number of aromatic nitrogens is 1. The normalized spacial score (nSPS) is 29.9. The predicted octanol–water partition coefficient (Wildman–Crippen LogP) is 4.82. The number of aliphatic hydroxyl groups is 2. The third kappa shape index (κ3) is 7.69. The molecule has 0 aromatic carbocycles. The maximum Gasteiger partial charge on any atom is 0.224 e. The molecule has 2 rings (SSSR count). The van der Waals surface area contributed by atoms with Crippen LogP contribution in [0.25, 0.3) is 6.08 Å². The van der Waals surface area contributed by atoms with E-state index in [1.54, 1.807) is 44.1 Å². The van der Waals surface area contributed by atoms with Crippen molar-refractivity contribution in [3.05, 3.63) is 45.5 Å². The van der Waals surface area contributed by atoms with E-state index in [1.165, 1.54) is 0 Å². The number of thiazole rings is 1. The quantitative estimate of drug-likeness (QED) is 0.605. The van der Waals surface area contributed by atoms with Gasteiger partial charge in [0.1, 0.15) is 5.78 Å². The van der Waals surface area contributed by atoms with Gasteiger partial charge >= 0.3 is 0 Å². The number of hydrogen-bond donors (Lipinski definition) is 2. The van der Waals surface area contributed by atoms with Crippen LogP contribution in [-0.4, -0.2) is 57.6 Å². The van der Waals surface area contributed by atoms with Crippen LogP contribution in [0.2, 0.25) is 0 Å². The van der Waals surface area contributed by atoms with Crippen molar-refractivity contribution < 1.29 is 19.8 Å². The van der Waals surface area contributed by atoms with Crippen molar-refractivity contribution in [3.63, 3.8) is 0 Å². The first kappa shape index (κ1) is 29.1. The summed E-state index contributed by atoms with van der Waals surface area (Å²) >= 11 is 1.60. The largest absolute Gasteiger partial charge is 0.392 e. The summed E-state index contributed by atoms with van der Waals surface area (Å²) in [5.41, 5.74) is 1.88. The van der Waals surface area contributed by atoms with E-state index in [0.29, 0.717) is 13.0 Å². The molecule has 194 valence electrons. The first-order valence-corrected chi connectivity index (χ1v) is 13.2. The van der Waals surface area contributed by atoms with Gasteiger partial charge < -0.3 is 15.1 Å². The number of nitrogens with zero attached hydrogens (tertiary/aromatic N) is 2. The van der Waals surface area contributed by atoms with Gasteiger partial charge in [-0.25, -0.2) is 4.98 Å². The van der Waals surface area contributed by atoms with Gasteiger partial charge in [0.25, 0.3) is 0 Å². The standard InChI is InChI=1S/C28H42N2O4S/c1-17-10-9-11-18(2)26(33)20(4)27(34)28(6,7)24(31)14-25(32)30(8)15-22(12-17)19(3)13-23-16-35-21(5)29-23/h9-10,12-13,16,18,20,22,24,26,31,33H,11,14-15H2,1-8H3/t18-,20+,22+,24-,26-/m0/s1. The average molecular weight is 503 g/mol. The highest BCUT2D eigenvalue weighted by Crippen LogP contribution is 2.32. The van der Waals surface area contributed by atoms with Gasteiger partial charge in [0, 0.05) is 30.8 Å². The molecule has 1 aliphatic heterocycles. The molecule has 0 radical (unpaired) electrons. The van der Waals surface area contributed by atoms with Gasteiger partial charge in [0.15, 0.2) is 0 Å². The molecule has 6 nitrogen and oxygen atoms in total. The van der Waals surface area contributed by atoms with Crippen LogP contribution in [-0.2, 0) is 9.59 Å². The number of aryl methyl sites for hydroxylation is 1. The minimum atomic E-state index is -1.16. The fourth-order valence-electron chi connectivity index (χ4n) is 4.47. The molecule has 7 heteroatoms. The lowest BCUT2D eigenvalue weighted by Crippen LogP contribution is -2.46. The van der Waals surface area contributed by atoms with E-state index in [4.69, 9.17) is 0 Å². The lowest BCUT2D eigenvalue weighted by molar-refractivity contribution is -0.144. The fourth-order valence-corrected chi connectivity index (χ4v) is 5.04. The van der Waals surface area contributed by atoms with E-state index < -0.39 is 23.5 Å². The summed E-state index contributed by atoms with van der Waals surface area (Å²) < 4.78 is 0.